The maximum atomic E-state index is 13.0. The number of hydrogen-bond acceptors (Lipinski definition) is 1. The minimum Gasteiger partial charge on any atom is -0.492 e. The molecular formula is C10H9FO. The van der Waals surface area contributed by atoms with Gasteiger partial charge in [0.1, 0.15) is 17.1 Å². The quantitative estimate of drug-likeness (QED) is 0.609. The van der Waals surface area contributed by atoms with Crippen LogP contribution in [0.5, 0.6) is 5.75 Å². The summed E-state index contributed by atoms with van der Waals surface area (Å²) in [5.74, 6) is 2.27. The van der Waals surface area contributed by atoms with E-state index in [1.807, 2.05) is 6.92 Å². The van der Waals surface area contributed by atoms with Gasteiger partial charge in [0, 0.05) is 0 Å². The van der Waals surface area contributed by atoms with E-state index in [2.05, 4.69) is 5.92 Å². The third kappa shape index (κ3) is 1.57. The van der Waals surface area contributed by atoms with Crippen molar-refractivity contribution in [2.24, 2.45) is 0 Å². The molecule has 0 radical (unpaired) electrons. The molecule has 62 valence electrons. The van der Waals surface area contributed by atoms with Crippen LogP contribution in [0.3, 0.4) is 0 Å². The Labute approximate surface area is 71.2 Å². The molecule has 0 saturated carbocycles. The van der Waals surface area contributed by atoms with Gasteiger partial charge in [0.25, 0.3) is 0 Å². The number of hydrogen-bond donors (Lipinski definition) is 0. The van der Waals surface area contributed by atoms with Gasteiger partial charge >= 0.3 is 0 Å². The zero-order chi connectivity index (χ0) is 8.97. The molecule has 0 N–H and O–H groups in total. The Morgan fingerprint density at radius 2 is 2.33 bits per heavy atom. The van der Waals surface area contributed by atoms with Gasteiger partial charge in [-0.05, 0) is 19.1 Å². The van der Waals surface area contributed by atoms with E-state index in [4.69, 9.17) is 11.2 Å². The second kappa shape index (κ2) is 3.77. The Morgan fingerprint density at radius 1 is 1.58 bits per heavy atom. The van der Waals surface area contributed by atoms with Gasteiger partial charge in [0.2, 0.25) is 0 Å². The van der Waals surface area contributed by atoms with Crippen molar-refractivity contribution in [3.05, 3.63) is 29.6 Å². The van der Waals surface area contributed by atoms with Crippen molar-refractivity contribution in [3.8, 4) is 18.1 Å². The zero-order valence-electron chi connectivity index (χ0n) is 6.80. The molecule has 0 aliphatic rings. The lowest BCUT2D eigenvalue weighted by Gasteiger charge is -2.05. The smallest absolute Gasteiger partial charge is 0.142 e. The maximum absolute atomic E-state index is 13.0. The summed E-state index contributed by atoms with van der Waals surface area (Å²) < 4.78 is 18.1. The van der Waals surface area contributed by atoms with Crippen LogP contribution in [0.15, 0.2) is 18.2 Å². The molecule has 0 bridgehead atoms. The summed E-state index contributed by atoms with van der Waals surface area (Å²) in [6.45, 7) is 2.31. The van der Waals surface area contributed by atoms with Crippen LogP contribution in [-0.2, 0) is 0 Å². The maximum Gasteiger partial charge on any atom is 0.142 e. The first-order chi connectivity index (χ1) is 5.79. The van der Waals surface area contributed by atoms with Crippen molar-refractivity contribution >= 4 is 0 Å². The van der Waals surface area contributed by atoms with Crippen molar-refractivity contribution in [1.82, 2.24) is 0 Å². The van der Waals surface area contributed by atoms with E-state index in [1.165, 1.54) is 6.07 Å². The molecule has 1 aromatic carbocycles. The number of terminal acetylenes is 1. The normalized spacial score (nSPS) is 9.08. The largest absolute Gasteiger partial charge is 0.492 e. The standard InChI is InChI=1S/C10H9FO/c1-3-8-9(11)6-5-7-10(8)12-4-2/h1,5-7H,4H2,2H3. The fourth-order valence-electron chi connectivity index (χ4n) is 0.920. The molecule has 0 aliphatic carbocycles. The summed E-state index contributed by atoms with van der Waals surface area (Å²) in [6.07, 6.45) is 5.11. The molecule has 0 atom stereocenters. The predicted octanol–water partition coefficient (Wildman–Crippen LogP) is 2.21. The van der Waals surface area contributed by atoms with Crippen molar-refractivity contribution in [2.45, 2.75) is 6.92 Å². The van der Waals surface area contributed by atoms with E-state index in [1.54, 1.807) is 12.1 Å². The fraction of sp³-hybridized carbons (Fsp3) is 0.200. The van der Waals surface area contributed by atoms with Gasteiger partial charge in [0.05, 0.1) is 6.61 Å². The molecule has 1 rings (SSSR count). The van der Waals surface area contributed by atoms with Crippen molar-refractivity contribution in [1.29, 1.82) is 0 Å². The lowest BCUT2D eigenvalue weighted by atomic mass is 10.2. The number of rotatable bonds is 2. The van der Waals surface area contributed by atoms with Gasteiger partial charge < -0.3 is 4.74 Å². The van der Waals surface area contributed by atoms with Crippen LogP contribution >= 0.6 is 0 Å². The molecule has 0 amide bonds. The van der Waals surface area contributed by atoms with Crippen LogP contribution in [-0.4, -0.2) is 6.61 Å². The molecule has 0 saturated heterocycles. The minimum atomic E-state index is -0.413. The Morgan fingerprint density at radius 3 is 2.92 bits per heavy atom. The van der Waals surface area contributed by atoms with Crippen LogP contribution < -0.4 is 4.74 Å². The highest BCUT2D eigenvalue weighted by molar-refractivity contribution is 5.45. The molecule has 0 unspecified atom stereocenters. The lowest BCUT2D eigenvalue weighted by molar-refractivity contribution is 0.337. The van der Waals surface area contributed by atoms with E-state index < -0.39 is 5.82 Å². The van der Waals surface area contributed by atoms with Gasteiger partial charge in [-0.3, -0.25) is 0 Å². The van der Waals surface area contributed by atoms with Gasteiger partial charge in [-0.25, -0.2) is 4.39 Å². The predicted molar refractivity (Wildman–Crippen MR) is 45.5 cm³/mol. The molecule has 0 fully saturated rings. The van der Waals surface area contributed by atoms with Crippen molar-refractivity contribution < 1.29 is 9.13 Å². The van der Waals surface area contributed by atoms with Crippen molar-refractivity contribution in [2.75, 3.05) is 6.61 Å². The molecule has 0 heterocycles. The molecule has 1 aromatic rings. The molecule has 0 aromatic heterocycles. The summed E-state index contributed by atoms with van der Waals surface area (Å²) in [7, 11) is 0. The topological polar surface area (TPSA) is 9.23 Å². The molecule has 1 nitrogen and oxygen atoms in total. The monoisotopic (exact) mass is 164 g/mol. The Hall–Kier alpha value is -1.49. The second-order valence-corrected chi connectivity index (χ2v) is 2.19. The van der Waals surface area contributed by atoms with E-state index in [-0.39, 0.29) is 5.56 Å². The average molecular weight is 164 g/mol. The lowest BCUT2D eigenvalue weighted by Crippen LogP contribution is -1.95. The Bertz CT molecular complexity index is 312. The van der Waals surface area contributed by atoms with Crippen LogP contribution in [0.2, 0.25) is 0 Å². The Balaban J connectivity index is 3.11. The van der Waals surface area contributed by atoms with E-state index in [0.717, 1.165) is 0 Å². The highest BCUT2D eigenvalue weighted by Crippen LogP contribution is 2.19. The van der Waals surface area contributed by atoms with Crippen LogP contribution in [0.25, 0.3) is 0 Å². The van der Waals surface area contributed by atoms with E-state index >= 15 is 0 Å². The first kappa shape index (κ1) is 8.61. The first-order valence-corrected chi connectivity index (χ1v) is 3.67. The second-order valence-electron chi connectivity index (χ2n) is 2.19. The molecule has 12 heavy (non-hydrogen) atoms. The summed E-state index contributed by atoms with van der Waals surface area (Å²) >= 11 is 0. The number of benzene rings is 1. The average Bonchev–Trinajstić information content (AvgIpc) is 2.05. The summed E-state index contributed by atoms with van der Waals surface area (Å²) in [5.41, 5.74) is 0.194. The molecular weight excluding hydrogens is 155 g/mol. The van der Waals surface area contributed by atoms with E-state index in [0.29, 0.717) is 12.4 Å². The van der Waals surface area contributed by atoms with Crippen LogP contribution in [0.1, 0.15) is 12.5 Å². The first-order valence-electron chi connectivity index (χ1n) is 3.67. The summed E-state index contributed by atoms with van der Waals surface area (Å²) in [5, 5.41) is 0. The van der Waals surface area contributed by atoms with Gasteiger partial charge in [-0.2, -0.15) is 0 Å². The van der Waals surface area contributed by atoms with Crippen LogP contribution in [0, 0.1) is 18.2 Å². The third-order valence-corrected chi connectivity index (χ3v) is 1.42. The van der Waals surface area contributed by atoms with Crippen LogP contribution in [0.4, 0.5) is 4.39 Å². The van der Waals surface area contributed by atoms with Crippen molar-refractivity contribution in [3.63, 3.8) is 0 Å². The fourth-order valence-corrected chi connectivity index (χ4v) is 0.920. The third-order valence-electron chi connectivity index (χ3n) is 1.42. The van der Waals surface area contributed by atoms with Gasteiger partial charge in [-0.1, -0.05) is 12.0 Å². The SMILES string of the molecule is C#Cc1c(F)cccc1OCC. The highest BCUT2D eigenvalue weighted by atomic mass is 19.1. The van der Waals surface area contributed by atoms with Gasteiger partial charge in [-0.15, -0.1) is 6.42 Å². The number of halogens is 1. The summed E-state index contributed by atoms with van der Waals surface area (Å²) in [6, 6.07) is 4.54. The summed E-state index contributed by atoms with van der Waals surface area (Å²) in [4.78, 5) is 0. The molecule has 2 heteroatoms. The highest BCUT2D eigenvalue weighted by Gasteiger charge is 2.05. The van der Waals surface area contributed by atoms with E-state index in [9.17, 15) is 4.39 Å². The minimum absolute atomic E-state index is 0.194. The van der Waals surface area contributed by atoms with Gasteiger partial charge in [0.15, 0.2) is 0 Å². The number of ether oxygens (including phenoxy) is 1. The molecule has 0 aliphatic heterocycles. The molecule has 0 spiro atoms. The zero-order valence-corrected chi connectivity index (χ0v) is 6.80. The Kier molecular flexibility index (Phi) is 2.71.